The molecular formula is C24H30O8. The Morgan fingerprint density at radius 2 is 1.91 bits per heavy atom. The number of ketones is 1. The Morgan fingerprint density at radius 1 is 1.25 bits per heavy atom. The van der Waals surface area contributed by atoms with Crippen molar-refractivity contribution in [2.45, 2.75) is 65.0 Å². The van der Waals surface area contributed by atoms with Crippen LogP contribution in [0.25, 0.3) is 0 Å². The Labute approximate surface area is 187 Å². The highest BCUT2D eigenvalue weighted by atomic mass is 16.6. The SMILES string of the molecule is C=C1C(=O)OC2C(OC(=O)CC(C)C)C(C)C3C=CC(=O)C3(C)C(OC(=O)C3(C)CO3)C12. The zero-order valence-electron chi connectivity index (χ0n) is 19.1. The van der Waals surface area contributed by atoms with Gasteiger partial charge in [-0.15, -0.1) is 0 Å². The largest absolute Gasteiger partial charge is 0.458 e. The Balaban J connectivity index is 1.77. The van der Waals surface area contributed by atoms with Crippen LogP contribution in [0.5, 0.6) is 0 Å². The fourth-order valence-electron chi connectivity index (χ4n) is 5.27. The highest BCUT2D eigenvalue weighted by Gasteiger charge is 2.66. The van der Waals surface area contributed by atoms with Crippen LogP contribution in [-0.4, -0.2) is 54.2 Å². The second-order valence-corrected chi connectivity index (χ2v) is 10.2. The van der Waals surface area contributed by atoms with E-state index in [1.807, 2.05) is 20.8 Å². The molecule has 2 heterocycles. The summed E-state index contributed by atoms with van der Waals surface area (Å²) in [6.45, 7) is 13.1. The lowest BCUT2D eigenvalue weighted by atomic mass is 9.67. The number of carbonyl (C=O) groups is 4. The second-order valence-electron chi connectivity index (χ2n) is 10.2. The molecular weight excluding hydrogens is 416 g/mol. The average Bonchev–Trinajstić information content (AvgIpc) is 3.32. The Morgan fingerprint density at radius 3 is 2.50 bits per heavy atom. The Hall–Kier alpha value is -2.48. The van der Waals surface area contributed by atoms with Crippen molar-refractivity contribution in [1.29, 1.82) is 0 Å². The number of carbonyl (C=O) groups excluding carboxylic acids is 4. The minimum atomic E-state index is -1.17. The summed E-state index contributed by atoms with van der Waals surface area (Å²) in [6.07, 6.45) is 0.716. The van der Waals surface area contributed by atoms with Crippen LogP contribution in [-0.2, 0) is 38.1 Å². The van der Waals surface area contributed by atoms with Crippen LogP contribution in [0.2, 0.25) is 0 Å². The third-order valence-electron chi connectivity index (χ3n) is 7.35. The number of hydrogen-bond acceptors (Lipinski definition) is 8. The quantitative estimate of drug-likeness (QED) is 0.274. The number of esters is 3. The maximum Gasteiger partial charge on any atom is 0.340 e. The monoisotopic (exact) mass is 446 g/mol. The Kier molecular flexibility index (Phi) is 5.35. The first-order valence-electron chi connectivity index (χ1n) is 11.1. The number of rotatable bonds is 5. The molecule has 8 atom stereocenters. The van der Waals surface area contributed by atoms with Gasteiger partial charge in [-0.25, -0.2) is 9.59 Å². The normalized spacial score (nSPS) is 42.2. The van der Waals surface area contributed by atoms with E-state index < -0.39 is 59.1 Å². The van der Waals surface area contributed by atoms with E-state index in [2.05, 4.69) is 6.58 Å². The van der Waals surface area contributed by atoms with Crippen LogP contribution < -0.4 is 0 Å². The summed E-state index contributed by atoms with van der Waals surface area (Å²) in [5, 5.41) is 0. The third-order valence-corrected chi connectivity index (χ3v) is 7.35. The van der Waals surface area contributed by atoms with Crippen LogP contribution in [0, 0.1) is 29.1 Å². The van der Waals surface area contributed by atoms with E-state index in [4.69, 9.17) is 18.9 Å². The van der Waals surface area contributed by atoms with Gasteiger partial charge in [-0.05, 0) is 31.8 Å². The molecule has 8 unspecified atom stereocenters. The van der Waals surface area contributed by atoms with Gasteiger partial charge in [-0.2, -0.15) is 0 Å². The van der Waals surface area contributed by atoms with E-state index >= 15 is 0 Å². The molecule has 0 aromatic heterocycles. The van der Waals surface area contributed by atoms with E-state index in [1.165, 1.54) is 6.08 Å². The van der Waals surface area contributed by atoms with Gasteiger partial charge < -0.3 is 18.9 Å². The van der Waals surface area contributed by atoms with Crippen LogP contribution in [0.4, 0.5) is 0 Å². The number of hydrogen-bond donors (Lipinski definition) is 0. The topological polar surface area (TPSA) is 108 Å². The summed E-state index contributed by atoms with van der Waals surface area (Å²) in [7, 11) is 0. The van der Waals surface area contributed by atoms with Crippen molar-refractivity contribution in [2.24, 2.45) is 29.1 Å². The molecule has 0 aromatic rings. The smallest absolute Gasteiger partial charge is 0.340 e. The predicted molar refractivity (Wildman–Crippen MR) is 111 cm³/mol. The van der Waals surface area contributed by atoms with Crippen LogP contribution in [0.15, 0.2) is 24.3 Å². The summed E-state index contributed by atoms with van der Waals surface area (Å²) in [4.78, 5) is 51.2. The molecule has 174 valence electrons. The average molecular weight is 446 g/mol. The summed E-state index contributed by atoms with van der Waals surface area (Å²) in [5.74, 6) is -3.37. The van der Waals surface area contributed by atoms with Crippen molar-refractivity contribution in [2.75, 3.05) is 6.61 Å². The van der Waals surface area contributed by atoms with Crippen LogP contribution in [0.3, 0.4) is 0 Å². The van der Waals surface area contributed by atoms with Crippen molar-refractivity contribution in [3.8, 4) is 0 Å². The maximum absolute atomic E-state index is 13.2. The molecule has 3 fully saturated rings. The summed E-state index contributed by atoms with van der Waals surface area (Å²) >= 11 is 0. The van der Waals surface area contributed by atoms with Gasteiger partial charge in [0, 0.05) is 17.9 Å². The molecule has 1 saturated carbocycles. The van der Waals surface area contributed by atoms with Crippen molar-refractivity contribution in [3.63, 3.8) is 0 Å². The van der Waals surface area contributed by atoms with Crippen molar-refractivity contribution in [3.05, 3.63) is 24.3 Å². The van der Waals surface area contributed by atoms with E-state index in [0.717, 1.165) is 0 Å². The lowest BCUT2D eigenvalue weighted by molar-refractivity contribution is -0.173. The van der Waals surface area contributed by atoms with Crippen LogP contribution >= 0.6 is 0 Å². The highest BCUT2D eigenvalue weighted by molar-refractivity contribution is 5.99. The fraction of sp³-hybridized carbons (Fsp3) is 0.667. The number of fused-ring (bicyclic) bond motifs is 2. The van der Waals surface area contributed by atoms with Gasteiger partial charge in [0.2, 0.25) is 0 Å². The predicted octanol–water partition coefficient (Wildman–Crippen LogP) is 2.15. The van der Waals surface area contributed by atoms with Crippen molar-refractivity contribution < 1.29 is 38.1 Å². The van der Waals surface area contributed by atoms with Gasteiger partial charge in [0.05, 0.1) is 17.9 Å². The molecule has 0 aromatic carbocycles. The molecule has 2 aliphatic carbocycles. The number of ether oxygens (including phenoxy) is 4. The van der Waals surface area contributed by atoms with Gasteiger partial charge in [0.1, 0.15) is 18.3 Å². The molecule has 2 aliphatic heterocycles. The molecule has 0 bridgehead atoms. The van der Waals surface area contributed by atoms with Gasteiger partial charge in [0.15, 0.2) is 11.4 Å². The van der Waals surface area contributed by atoms with E-state index in [1.54, 1.807) is 19.9 Å². The number of epoxide rings is 1. The van der Waals surface area contributed by atoms with E-state index in [9.17, 15) is 19.2 Å². The van der Waals surface area contributed by atoms with Crippen LogP contribution in [0.1, 0.15) is 41.0 Å². The molecule has 0 N–H and O–H groups in total. The lowest BCUT2D eigenvalue weighted by Gasteiger charge is -2.39. The minimum absolute atomic E-state index is 0.0895. The van der Waals surface area contributed by atoms with Crippen molar-refractivity contribution >= 4 is 23.7 Å². The molecule has 8 nitrogen and oxygen atoms in total. The Bertz CT molecular complexity index is 913. The molecule has 0 radical (unpaired) electrons. The first-order chi connectivity index (χ1) is 14.9. The summed E-state index contributed by atoms with van der Waals surface area (Å²) in [6, 6.07) is 0. The summed E-state index contributed by atoms with van der Waals surface area (Å²) in [5.41, 5.74) is -2.13. The number of allylic oxidation sites excluding steroid dienone is 2. The molecule has 8 heteroatoms. The standard InChI is InChI=1S/C24H30O8/c1-11(2)9-16(26)30-18-12(3)14-7-8-15(25)24(14,6)20(32-22(28)23(5)10-29-23)17-13(4)21(27)31-19(17)18/h7-8,11-12,14,17-20H,4,9-10H2,1-3,5-6H3. The summed E-state index contributed by atoms with van der Waals surface area (Å²) < 4.78 is 22.6. The molecule has 0 spiro atoms. The minimum Gasteiger partial charge on any atom is -0.458 e. The first kappa shape index (κ1) is 22.7. The zero-order valence-corrected chi connectivity index (χ0v) is 19.1. The van der Waals surface area contributed by atoms with Gasteiger partial charge in [-0.1, -0.05) is 33.4 Å². The molecule has 4 rings (SSSR count). The fourth-order valence-corrected chi connectivity index (χ4v) is 5.27. The van der Waals surface area contributed by atoms with Crippen molar-refractivity contribution in [1.82, 2.24) is 0 Å². The molecule has 2 saturated heterocycles. The molecule has 4 aliphatic rings. The maximum atomic E-state index is 13.2. The van der Waals surface area contributed by atoms with Gasteiger partial charge in [0.25, 0.3) is 0 Å². The lowest BCUT2D eigenvalue weighted by Crippen LogP contribution is -2.50. The van der Waals surface area contributed by atoms with Gasteiger partial charge in [-0.3, -0.25) is 9.59 Å². The highest BCUT2D eigenvalue weighted by Crippen LogP contribution is 2.55. The van der Waals surface area contributed by atoms with E-state index in [-0.39, 0.29) is 36.2 Å². The zero-order chi connectivity index (χ0) is 23.6. The van der Waals surface area contributed by atoms with Gasteiger partial charge >= 0.3 is 17.9 Å². The van der Waals surface area contributed by atoms with E-state index in [0.29, 0.717) is 0 Å². The molecule has 32 heavy (non-hydrogen) atoms. The first-order valence-corrected chi connectivity index (χ1v) is 11.1. The second kappa shape index (κ2) is 7.54. The third kappa shape index (κ3) is 3.39. The molecule has 0 amide bonds.